The molecule has 29 heavy (non-hydrogen) atoms. The van der Waals surface area contributed by atoms with E-state index in [2.05, 4.69) is 15.8 Å². The fourth-order valence-electron chi connectivity index (χ4n) is 2.42. The summed E-state index contributed by atoms with van der Waals surface area (Å²) < 4.78 is 15.2. The molecule has 0 fully saturated rings. The Labute approximate surface area is 182 Å². The summed E-state index contributed by atoms with van der Waals surface area (Å²) in [6.07, 6.45) is 2.19. The van der Waals surface area contributed by atoms with Crippen molar-refractivity contribution in [3.8, 4) is 0 Å². The van der Waals surface area contributed by atoms with Crippen molar-refractivity contribution < 1.29 is 24.2 Å². The Morgan fingerprint density at radius 1 is 1.41 bits per heavy atom. The lowest BCUT2D eigenvalue weighted by Gasteiger charge is -2.18. The molecule has 0 unspecified atom stereocenters. The number of hydrogen-bond donors (Lipinski definition) is 4. The lowest BCUT2D eigenvalue weighted by Crippen LogP contribution is -2.31. The highest BCUT2D eigenvalue weighted by Gasteiger charge is 2.18. The van der Waals surface area contributed by atoms with Gasteiger partial charge in [0.2, 0.25) is 0 Å². The quantitative estimate of drug-likeness (QED) is 0.179. The van der Waals surface area contributed by atoms with E-state index in [4.69, 9.17) is 9.94 Å². The number of halogens is 2. The summed E-state index contributed by atoms with van der Waals surface area (Å²) in [6, 6.07) is 4.73. The van der Waals surface area contributed by atoms with E-state index in [1.165, 1.54) is 6.07 Å². The van der Waals surface area contributed by atoms with Crippen molar-refractivity contribution in [1.29, 1.82) is 0 Å². The lowest BCUT2D eigenvalue weighted by molar-refractivity contribution is -0.132. The van der Waals surface area contributed by atoms with Crippen molar-refractivity contribution in [3.63, 3.8) is 0 Å². The minimum atomic E-state index is -1.11. The minimum absolute atomic E-state index is 0.213. The van der Waals surface area contributed by atoms with E-state index in [0.717, 1.165) is 14.6 Å². The number of pyridine rings is 1. The molecule has 0 aliphatic heterocycles. The van der Waals surface area contributed by atoms with Gasteiger partial charge in [0.15, 0.2) is 0 Å². The third-order valence-corrected chi connectivity index (χ3v) is 4.97. The van der Waals surface area contributed by atoms with E-state index in [-0.39, 0.29) is 17.9 Å². The molecule has 0 saturated carbocycles. The predicted molar refractivity (Wildman–Crippen MR) is 120 cm³/mol. The van der Waals surface area contributed by atoms with Gasteiger partial charge < -0.3 is 15.5 Å². The highest BCUT2D eigenvalue weighted by molar-refractivity contribution is 14.1. The van der Waals surface area contributed by atoms with E-state index >= 15 is 0 Å². The monoisotopic (exact) mass is 513 g/mol. The number of amides is 1. The smallest absolute Gasteiger partial charge is 0.272 e. The number of aliphatic hydroxyl groups is 2. The second-order valence-corrected chi connectivity index (χ2v) is 7.70. The average molecular weight is 513 g/mol. The molecule has 1 amide bonds. The van der Waals surface area contributed by atoms with Crippen LogP contribution in [0, 0.1) is 16.3 Å². The molecule has 0 aliphatic carbocycles. The Kier molecular flexibility index (Phi) is 8.56. The first kappa shape index (κ1) is 23.3. The van der Waals surface area contributed by atoms with Gasteiger partial charge in [0.25, 0.3) is 5.91 Å². The number of hydroxylamine groups is 1. The number of carbonyl (C=O) groups is 1. The van der Waals surface area contributed by atoms with Gasteiger partial charge in [-0.15, -0.1) is 0 Å². The van der Waals surface area contributed by atoms with Crippen LogP contribution in [0.25, 0.3) is 5.70 Å². The molecule has 1 heterocycles. The molecular weight excluding hydrogens is 491 g/mol. The average Bonchev–Trinajstić information content (AvgIpc) is 2.69. The maximum Gasteiger partial charge on any atom is 0.272 e. The van der Waals surface area contributed by atoms with Gasteiger partial charge in [0.05, 0.1) is 18.0 Å². The largest absolute Gasteiger partial charge is 0.394 e. The normalized spacial score (nSPS) is 12.9. The maximum absolute atomic E-state index is 14.4. The summed E-state index contributed by atoms with van der Waals surface area (Å²) >= 11 is 2.02. The predicted octanol–water partition coefficient (Wildman–Crippen LogP) is 0.636. The number of nitrogens with one attached hydrogen (secondary N) is 2. The van der Waals surface area contributed by atoms with Crippen molar-refractivity contribution in [1.82, 2.24) is 10.5 Å². The molecule has 2 aromatic rings. The molecule has 4 N–H and O–H groups in total. The van der Waals surface area contributed by atoms with Gasteiger partial charge in [-0.25, -0.2) is 9.87 Å². The summed E-state index contributed by atoms with van der Waals surface area (Å²) in [6.45, 7) is 2.69. The van der Waals surface area contributed by atoms with Gasteiger partial charge in [-0.3, -0.25) is 14.6 Å². The molecule has 7 nitrogen and oxygen atoms in total. The summed E-state index contributed by atoms with van der Waals surface area (Å²) in [5.74, 6) is -1.03. The Balaban J connectivity index is 2.41. The fraction of sp³-hybridized carbons (Fsp3) is 0.263. The maximum atomic E-state index is 14.4. The van der Waals surface area contributed by atoms with Crippen molar-refractivity contribution in [2.24, 2.45) is 0 Å². The molecule has 10 heteroatoms. The molecule has 0 spiro atoms. The number of benzene rings is 1. The number of hydrogen-bond acceptors (Lipinski definition) is 6. The topological polar surface area (TPSA) is 104 Å². The first-order valence-corrected chi connectivity index (χ1v) is 9.88. The van der Waals surface area contributed by atoms with Crippen LogP contribution in [0.15, 0.2) is 36.2 Å². The molecule has 0 bridgehead atoms. The van der Waals surface area contributed by atoms with Gasteiger partial charge >= 0.3 is 0 Å². The van der Waals surface area contributed by atoms with E-state index in [9.17, 15) is 14.3 Å². The van der Waals surface area contributed by atoms with Crippen LogP contribution in [-0.2, 0) is 9.63 Å². The first-order chi connectivity index (χ1) is 13.7. The molecule has 0 aliphatic rings. The van der Waals surface area contributed by atoms with Gasteiger partial charge in [-0.1, -0.05) is 5.46 Å². The number of anilines is 1. The number of rotatable bonds is 8. The molecule has 1 aromatic heterocycles. The van der Waals surface area contributed by atoms with Crippen LogP contribution in [0.1, 0.15) is 18.1 Å². The van der Waals surface area contributed by atoms with Crippen LogP contribution in [0.3, 0.4) is 0 Å². The molecule has 0 saturated heterocycles. The molecule has 2 rings (SSSR count). The van der Waals surface area contributed by atoms with Crippen molar-refractivity contribution in [2.45, 2.75) is 20.0 Å². The van der Waals surface area contributed by atoms with Gasteiger partial charge in [0, 0.05) is 27.1 Å². The van der Waals surface area contributed by atoms with Crippen molar-refractivity contribution in [2.75, 3.05) is 18.5 Å². The summed E-state index contributed by atoms with van der Waals surface area (Å²) in [5.41, 5.74) is 5.49. The zero-order chi connectivity index (χ0) is 21.6. The van der Waals surface area contributed by atoms with Crippen LogP contribution >= 0.6 is 22.6 Å². The first-order valence-electron chi connectivity index (χ1n) is 8.80. The van der Waals surface area contributed by atoms with Gasteiger partial charge in [-0.2, -0.15) is 0 Å². The van der Waals surface area contributed by atoms with Crippen LogP contribution in [0.5, 0.6) is 0 Å². The Bertz CT molecular complexity index is 926. The van der Waals surface area contributed by atoms with E-state index < -0.39 is 24.4 Å². The van der Waals surface area contributed by atoms with Crippen molar-refractivity contribution >= 4 is 53.2 Å². The molecule has 0 radical (unpaired) electrons. The summed E-state index contributed by atoms with van der Waals surface area (Å²) in [7, 11) is 1.89. The van der Waals surface area contributed by atoms with Gasteiger partial charge in [0.1, 0.15) is 26.4 Å². The lowest BCUT2D eigenvalue weighted by atomic mass is 9.89. The molecule has 154 valence electrons. The number of aromatic nitrogens is 1. The van der Waals surface area contributed by atoms with E-state index in [1.54, 1.807) is 31.5 Å². The van der Waals surface area contributed by atoms with Crippen LogP contribution in [-0.4, -0.2) is 48.3 Å². The second kappa shape index (κ2) is 10.7. The van der Waals surface area contributed by atoms with Gasteiger partial charge in [-0.05, 0) is 60.2 Å². The van der Waals surface area contributed by atoms with Crippen LogP contribution in [0.4, 0.5) is 10.1 Å². The van der Waals surface area contributed by atoms with Crippen LogP contribution in [0.2, 0.25) is 0 Å². The fourth-order valence-corrected chi connectivity index (χ4v) is 2.87. The third-order valence-electron chi connectivity index (χ3n) is 4.29. The van der Waals surface area contributed by atoms with Crippen LogP contribution < -0.4 is 16.3 Å². The highest BCUT2D eigenvalue weighted by atomic mass is 127. The Morgan fingerprint density at radius 2 is 2.14 bits per heavy atom. The number of carbonyl (C=O) groups excluding carboxylic acids is 1. The Hall–Kier alpha value is -2.02. The minimum Gasteiger partial charge on any atom is -0.394 e. The van der Waals surface area contributed by atoms with E-state index in [0.29, 0.717) is 11.3 Å². The zero-order valence-corrected chi connectivity index (χ0v) is 18.4. The molecular formula is C19H22BFIN3O4. The molecule has 1 aromatic carbocycles. The highest BCUT2D eigenvalue weighted by Crippen LogP contribution is 2.26. The standard InChI is InChI=1S/C19H22BFIN3O4/c1-10-14(6-23-7-15(10)20)18(24-17-4-3-12(22)5-16(17)21)11(2)19(28)25-29-9-13(27)8-26/h3-7,13,24,26-27H,8-9,20H2,1-2H3,(H,25,28)/b18-11-/t13-/m1/s1. The number of nitrogens with zero attached hydrogens (tertiary/aromatic N) is 1. The zero-order valence-electron chi connectivity index (χ0n) is 16.3. The number of aliphatic hydroxyl groups excluding tert-OH is 2. The molecule has 1 atom stereocenters. The third kappa shape index (κ3) is 6.23. The second-order valence-electron chi connectivity index (χ2n) is 6.46. The SMILES string of the molecule is Bc1cncc(/C(Nc2ccc(I)cc2F)=C(\C)C(=O)NOC[C@H](O)CO)c1C. The van der Waals surface area contributed by atoms with E-state index in [1.807, 2.05) is 37.4 Å². The Morgan fingerprint density at radius 3 is 2.79 bits per heavy atom. The summed E-state index contributed by atoms with van der Waals surface area (Å²) in [5, 5.41) is 21.1. The summed E-state index contributed by atoms with van der Waals surface area (Å²) in [4.78, 5) is 21.7. The van der Waals surface area contributed by atoms with Crippen molar-refractivity contribution in [3.05, 3.63) is 56.7 Å².